The summed E-state index contributed by atoms with van der Waals surface area (Å²) in [5.74, 6) is 0.437. The molecular weight excluding hydrogens is 521 g/mol. The maximum absolute atomic E-state index is 13.3. The van der Waals surface area contributed by atoms with Crippen LogP contribution in [0.2, 0.25) is 6.55 Å². The molecule has 1 amide bonds. The van der Waals surface area contributed by atoms with E-state index in [9.17, 15) is 27.6 Å². The van der Waals surface area contributed by atoms with Gasteiger partial charge in [0, 0.05) is 50.8 Å². The highest BCUT2D eigenvalue weighted by Gasteiger charge is 2.37. The number of hydrogen-bond donors (Lipinski definition) is 2. The van der Waals surface area contributed by atoms with Crippen LogP contribution in [-0.2, 0) is 12.3 Å². The summed E-state index contributed by atoms with van der Waals surface area (Å²) in [5.41, 5.74) is -2.85. The van der Waals surface area contributed by atoms with Crippen LogP contribution in [0.4, 0.5) is 24.7 Å². The number of rotatable bonds is 6. The van der Waals surface area contributed by atoms with E-state index in [2.05, 4.69) is 15.1 Å². The van der Waals surface area contributed by atoms with Crippen molar-refractivity contribution in [1.29, 1.82) is 5.26 Å². The highest BCUT2D eigenvalue weighted by atomic mass is 28.3. The summed E-state index contributed by atoms with van der Waals surface area (Å²) in [4.78, 5) is 47.9. The van der Waals surface area contributed by atoms with Gasteiger partial charge in [-0.1, -0.05) is 6.55 Å². The van der Waals surface area contributed by atoms with E-state index >= 15 is 0 Å². The summed E-state index contributed by atoms with van der Waals surface area (Å²) in [6, 6.07) is 8.13. The van der Waals surface area contributed by atoms with Gasteiger partial charge in [-0.2, -0.15) is 23.5 Å². The Balaban J connectivity index is 1.42. The van der Waals surface area contributed by atoms with Crippen LogP contribution in [0.5, 0.6) is 0 Å². The average molecular weight is 545 g/mol. The van der Waals surface area contributed by atoms with Gasteiger partial charge >= 0.3 is 6.18 Å². The fraction of sp³-hybridized carbons (Fsp3) is 0.304. The van der Waals surface area contributed by atoms with Crippen molar-refractivity contribution in [1.82, 2.24) is 24.6 Å². The lowest BCUT2D eigenvalue weighted by Gasteiger charge is -2.35. The SMILES string of the molecule is C[Si@@H](Cn1cc(C(=O)N2CCN(c3ccc(C#N)cn3)CC2)ccc1=O)Nc1cn[nH]c(=O)c1C(F)(F)F. The van der Waals surface area contributed by atoms with Gasteiger partial charge in [-0.15, -0.1) is 0 Å². The van der Waals surface area contributed by atoms with Crippen molar-refractivity contribution < 1.29 is 18.0 Å². The molecule has 0 aliphatic carbocycles. The predicted molar refractivity (Wildman–Crippen MR) is 134 cm³/mol. The minimum atomic E-state index is -4.88. The number of aromatic amines is 1. The zero-order valence-electron chi connectivity index (χ0n) is 20.2. The average Bonchev–Trinajstić information content (AvgIpc) is 2.89. The zero-order chi connectivity index (χ0) is 27.4. The van der Waals surface area contributed by atoms with E-state index in [4.69, 9.17) is 5.26 Å². The molecule has 1 saturated heterocycles. The highest BCUT2D eigenvalue weighted by molar-refractivity contribution is 6.59. The molecule has 0 saturated carbocycles. The first-order valence-electron chi connectivity index (χ1n) is 11.6. The summed E-state index contributed by atoms with van der Waals surface area (Å²) >= 11 is 0. The van der Waals surface area contributed by atoms with Crippen molar-refractivity contribution in [3.63, 3.8) is 0 Å². The molecule has 11 nitrogen and oxygen atoms in total. The Morgan fingerprint density at radius 2 is 1.89 bits per heavy atom. The Morgan fingerprint density at radius 3 is 2.53 bits per heavy atom. The maximum Gasteiger partial charge on any atom is 0.423 e. The summed E-state index contributed by atoms with van der Waals surface area (Å²) < 4.78 is 41.3. The molecule has 2 N–H and O–H groups in total. The number of carbonyl (C=O) groups is 1. The molecule has 1 aliphatic rings. The minimum Gasteiger partial charge on any atom is -0.410 e. The first kappa shape index (κ1) is 26.6. The van der Waals surface area contributed by atoms with Crippen LogP contribution in [0.25, 0.3) is 0 Å². The second kappa shape index (κ2) is 10.9. The van der Waals surface area contributed by atoms with E-state index in [0.717, 1.165) is 6.20 Å². The van der Waals surface area contributed by atoms with Gasteiger partial charge in [-0.25, -0.2) is 10.1 Å². The van der Waals surface area contributed by atoms with Crippen molar-refractivity contribution in [2.24, 2.45) is 0 Å². The van der Waals surface area contributed by atoms with Crippen LogP contribution in [-0.4, -0.2) is 65.7 Å². The molecule has 3 aromatic heterocycles. The molecule has 0 aromatic carbocycles. The fourth-order valence-electron chi connectivity index (χ4n) is 4.16. The van der Waals surface area contributed by atoms with Gasteiger partial charge in [0.1, 0.15) is 17.5 Å². The molecule has 0 spiro atoms. The highest BCUT2D eigenvalue weighted by Crippen LogP contribution is 2.31. The smallest absolute Gasteiger partial charge is 0.410 e. The fourth-order valence-corrected chi connectivity index (χ4v) is 5.87. The molecule has 4 rings (SSSR count). The van der Waals surface area contributed by atoms with Crippen molar-refractivity contribution in [3.8, 4) is 6.07 Å². The number of carbonyl (C=O) groups excluding carboxylic acids is 1. The zero-order valence-corrected chi connectivity index (χ0v) is 21.4. The third-order valence-corrected chi connectivity index (χ3v) is 7.76. The molecule has 1 atom stereocenters. The molecule has 0 unspecified atom stereocenters. The molecule has 38 heavy (non-hydrogen) atoms. The Morgan fingerprint density at radius 1 is 1.16 bits per heavy atom. The summed E-state index contributed by atoms with van der Waals surface area (Å²) in [6.07, 6.45) is -1.02. The van der Waals surface area contributed by atoms with Crippen molar-refractivity contribution in [2.45, 2.75) is 18.9 Å². The van der Waals surface area contributed by atoms with Crippen LogP contribution in [0.1, 0.15) is 21.5 Å². The molecular formula is C23H23F3N8O3Si. The van der Waals surface area contributed by atoms with Crippen LogP contribution in [0.15, 0.2) is 52.4 Å². The van der Waals surface area contributed by atoms with E-state index < -0.39 is 37.5 Å². The Labute approximate surface area is 215 Å². The van der Waals surface area contributed by atoms with Crippen LogP contribution >= 0.6 is 0 Å². The molecule has 4 heterocycles. The first-order valence-corrected chi connectivity index (χ1v) is 14.1. The van der Waals surface area contributed by atoms with E-state index in [1.165, 1.54) is 29.1 Å². The lowest BCUT2D eigenvalue weighted by molar-refractivity contribution is -0.138. The number of halogens is 3. The predicted octanol–water partition coefficient (Wildman–Crippen LogP) is 1.18. The van der Waals surface area contributed by atoms with Crippen LogP contribution < -0.4 is 21.0 Å². The number of piperazine rings is 1. The molecule has 15 heteroatoms. The molecule has 0 bridgehead atoms. The Kier molecular flexibility index (Phi) is 7.62. The number of hydrogen-bond acceptors (Lipinski definition) is 8. The van der Waals surface area contributed by atoms with Gasteiger partial charge in [0.15, 0.2) is 8.96 Å². The van der Waals surface area contributed by atoms with Crippen LogP contribution in [0.3, 0.4) is 0 Å². The van der Waals surface area contributed by atoms with Crippen LogP contribution in [0, 0.1) is 11.3 Å². The third-order valence-electron chi connectivity index (χ3n) is 6.01. The number of nitrogens with one attached hydrogen (secondary N) is 2. The molecule has 3 aromatic rings. The largest absolute Gasteiger partial charge is 0.423 e. The lowest BCUT2D eigenvalue weighted by atomic mass is 10.2. The van der Waals surface area contributed by atoms with E-state index in [1.54, 1.807) is 28.7 Å². The van der Waals surface area contributed by atoms with Gasteiger partial charge in [-0.3, -0.25) is 14.4 Å². The minimum absolute atomic E-state index is 0.0716. The normalized spacial score (nSPS) is 14.6. The second-order valence-corrected chi connectivity index (χ2v) is 11.2. The molecule has 1 aliphatic heterocycles. The van der Waals surface area contributed by atoms with Crippen molar-refractivity contribution >= 4 is 26.4 Å². The van der Waals surface area contributed by atoms with E-state index in [1.807, 2.05) is 11.0 Å². The van der Waals surface area contributed by atoms with Gasteiger partial charge in [0.2, 0.25) is 5.56 Å². The van der Waals surface area contributed by atoms with Gasteiger partial charge < -0.3 is 19.3 Å². The maximum atomic E-state index is 13.3. The van der Waals surface area contributed by atoms with Gasteiger partial charge in [-0.05, 0) is 18.2 Å². The lowest BCUT2D eigenvalue weighted by Crippen LogP contribution is -2.49. The van der Waals surface area contributed by atoms with Gasteiger partial charge in [0.05, 0.1) is 23.0 Å². The third kappa shape index (κ3) is 5.91. The van der Waals surface area contributed by atoms with Crippen molar-refractivity contribution in [2.75, 3.05) is 36.1 Å². The number of aromatic nitrogens is 4. The number of nitrogens with zero attached hydrogens (tertiary/aromatic N) is 6. The number of H-pyrrole nitrogens is 1. The molecule has 198 valence electrons. The Bertz CT molecular complexity index is 1480. The van der Waals surface area contributed by atoms with Crippen molar-refractivity contribution in [3.05, 3.63) is 80.3 Å². The summed E-state index contributed by atoms with van der Waals surface area (Å²) in [6.45, 7) is 3.58. The summed E-state index contributed by atoms with van der Waals surface area (Å²) in [7, 11) is -2.28. The second-order valence-electron chi connectivity index (χ2n) is 8.74. The van der Waals surface area contributed by atoms with Gasteiger partial charge in [0.25, 0.3) is 11.5 Å². The first-order chi connectivity index (χ1) is 18.1. The number of pyridine rings is 2. The van der Waals surface area contributed by atoms with E-state index in [-0.39, 0.29) is 17.6 Å². The number of anilines is 2. The summed E-state index contributed by atoms with van der Waals surface area (Å²) in [5, 5.41) is 14.1. The molecule has 0 radical (unpaired) electrons. The monoisotopic (exact) mass is 544 g/mol. The number of amides is 1. The number of nitriles is 1. The quantitative estimate of drug-likeness (QED) is 0.441. The standard InChI is InChI=1S/C23H23F3N8O3Si/c1-38(31-17-12-29-30-21(36)20(17)23(24,25)26)14-34-13-16(3-5-19(34)35)22(37)33-8-6-32(7-9-33)18-4-2-15(10-27)11-28-18/h2-5,11-13,38H,6-9,14H2,1H3,(H2,30,31,36)/t38-/m0/s1. The Hall–Kier alpha value is -4.45. The number of alkyl halides is 3. The topological polar surface area (TPSA) is 140 Å². The van der Waals surface area contributed by atoms with E-state index in [0.29, 0.717) is 37.6 Å². The molecule has 1 fully saturated rings.